The van der Waals surface area contributed by atoms with Crippen molar-refractivity contribution in [3.63, 3.8) is 0 Å². The zero-order valence-corrected chi connectivity index (χ0v) is 15.6. The van der Waals surface area contributed by atoms with E-state index in [2.05, 4.69) is 4.98 Å². The summed E-state index contributed by atoms with van der Waals surface area (Å²) < 4.78 is 10.8. The third-order valence-electron chi connectivity index (χ3n) is 4.55. The fourth-order valence-corrected chi connectivity index (χ4v) is 3.06. The first-order valence-corrected chi connectivity index (χ1v) is 9.37. The largest absolute Gasteiger partial charge is 0.450 e. The molecule has 3 rings (SSSR count). The molecule has 0 N–H and O–H groups in total. The predicted molar refractivity (Wildman–Crippen MR) is 100 cm³/mol. The molecule has 2 amide bonds. The summed E-state index contributed by atoms with van der Waals surface area (Å²) in [5.41, 5.74) is 0.992. The Bertz CT molecular complexity index is 752. The van der Waals surface area contributed by atoms with Gasteiger partial charge in [0.1, 0.15) is 0 Å². The van der Waals surface area contributed by atoms with E-state index in [1.165, 1.54) is 0 Å². The Morgan fingerprint density at radius 1 is 1.11 bits per heavy atom. The van der Waals surface area contributed by atoms with Crippen LogP contribution in [0.15, 0.2) is 40.9 Å². The van der Waals surface area contributed by atoms with Crippen molar-refractivity contribution in [2.24, 2.45) is 0 Å². The number of benzene rings is 1. The van der Waals surface area contributed by atoms with E-state index in [-0.39, 0.29) is 12.0 Å². The first kappa shape index (κ1) is 18.9. The monoisotopic (exact) mass is 371 g/mol. The third kappa shape index (κ3) is 5.09. The SMILES string of the molecule is CCOC(=O)N1CCN(C(=O)CCCc2ncc(-c3ccccc3)o2)CC1. The fraction of sp³-hybridized carbons (Fsp3) is 0.450. The summed E-state index contributed by atoms with van der Waals surface area (Å²) in [6.45, 7) is 4.29. The van der Waals surface area contributed by atoms with Crippen molar-refractivity contribution in [3.8, 4) is 11.3 Å². The lowest BCUT2D eigenvalue weighted by Crippen LogP contribution is -2.50. The van der Waals surface area contributed by atoms with Crippen molar-refractivity contribution in [2.45, 2.75) is 26.2 Å². The number of carbonyl (C=O) groups excluding carboxylic acids is 2. The lowest BCUT2D eigenvalue weighted by Gasteiger charge is -2.34. The topological polar surface area (TPSA) is 75.9 Å². The fourth-order valence-electron chi connectivity index (χ4n) is 3.06. The van der Waals surface area contributed by atoms with Crippen LogP contribution in [0.4, 0.5) is 4.79 Å². The molecule has 1 aromatic heterocycles. The van der Waals surface area contributed by atoms with Crippen LogP contribution in [0.5, 0.6) is 0 Å². The molecule has 1 aliphatic rings. The van der Waals surface area contributed by atoms with Gasteiger partial charge in [-0.1, -0.05) is 30.3 Å². The molecule has 0 bridgehead atoms. The van der Waals surface area contributed by atoms with Crippen LogP contribution in [0.1, 0.15) is 25.7 Å². The summed E-state index contributed by atoms with van der Waals surface area (Å²) in [7, 11) is 0. The molecular weight excluding hydrogens is 346 g/mol. The standard InChI is InChI=1S/C20H25N3O4/c1-2-26-20(25)23-13-11-22(12-14-23)19(24)10-6-9-18-21-15-17(27-18)16-7-4-3-5-8-16/h3-5,7-8,15H,2,6,9-14H2,1H3. The van der Waals surface area contributed by atoms with Crippen LogP contribution < -0.4 is 0 Å². The van der Waals surface area contributed by atoms with E-state index in [1.54, 1.807) is 22.9 Å². The highest BCUT2D eigenvalue weighted by molar-refractivity contribution is 5.76. The molecule has 1 aliphatic heterocycles. The van der Waals surface area contributed by atoms with Gasteiger partial charge >= 0.3 is 6.09 Å². The minimum atomic E-state index is -0.303. The highest BCUT2D eigenvalue weighted by Gasteiger charge is 2.24. The molecule has 7 nitrogen and oxygen atoms in total. The zero-order valence-electron chi connectivity index (χ0n) is 15.6. The van der Waals surface area contributed by atoms with Crippen LogP contribution in [-0.2, 0) is 16.0 Å². The van der Waals surface area contributed by atoms with E-state index in [9.17, 15) is 9.59 Å². The number of carbonyl (C=O) groups is 2. The van der Waals surface area contributed by atoms with E-state index in [0.29, 0.717) is 57.9 Å². The number of hydrogen-bond acceptors (Lipinski definition) is 5. The van der Waals surface area contributed by atoms with E-state index < -0.39 is 0 Å². The van der Waals surface area contributed by atoms with Crippen LogP contribution in [0.25, 0.3) is 11.3 Å². The van der Waals surface area contributed by atoms with Crippen molar-refractivity contribution in [2.75, 3.05) is 32.8 Å². The van der Waals surface area contributed by atoms with Crippen molar-refractivity contribution in [1.82, 2.24) is 14.8 Å². The van der Waals surface area contributed by atoms with Crippen LogP contribution >= 0.6 is 0 Å². The molecule has 0 saturated carbocycles. The maximum atomic E-state index is 12.4. The number of piperazine rings is 1. The Balaban J connectivity index is 1.40. The van der Waals surface area contributed by atoms with Crippen molar-refractivity contribution >= 4 is 12.0 Å². The second kappa shape index (κ2) is 9.21. The highest BCUT2D eigenvalue weighted by atomic mass is 16.6. The molecule has 0 unspecified atom stereocenters. The molecule has 144 valence electrons. The molecule has 0 spiro atoms. The van der Waals surface area contributed by atoms with E-state index in [1.807, 2.05) is 30.3 Å². The Morgan fingerprint density at radius 2 is 1.81 bits per heavy atom. The summed E-state index contributed by atoms with van der Waals surface area (Å²) in [6.07, 6.45) is 3.18. The normalized spacial score (nSPS) is 14.3. The van der Waals surface area contributed by atoms with Gasteiger partial charge in [0, 0.05) is 44.6 Å². The highest BCUT2D eigenvalue weighted by Crippen LogP contribution is 2.20. The second-order valence-corrected chi connectivity index (χ2v) is 6.40. The quantitative estimate of drug-likeness (QED) is 0.780. The summed E-state index contributed by atoms with van der Waals surface area (Å²) >= 11 is 0. The van der Waals surface area contributed by atoms with Crippen molar-refractivity contribution < 1.29 is 18.7 Å². The predicted octanol–water partition coefficient (Wildman–Crippen LogP) is 2.97. The number of rotatable bonds is 6. The van der Waals surface area contributed by atoms with Gasteiger partial charge in [0.25, 0.3) is 0 Å². The first-order chi connectivity index (χ1) is 13.2. The molecular formula is C20H25N3O4. The van der Waals surface area contributed by atoms with Gasteiger partial charge in [-0.25, -0.2) is 9.78 Å². The van der Waals surface area contributed by atoms with Gasteiger partial charge in [0.15, 0.2) is 11.7 Å². The van der Waals surface area contributed by atoms with Crippen molar-refractivity contribution in [1.29, 1.82) is 0 Å². The van der Waals surface area contributed by atoms with E-state index in [0.717, 1.165) is 11.3 Å². The number of amides is 2. The molecule has 1 fully saturated rings. The van der Waals surface area contributed by atoms with Gasteiger partial charge in [-0.05, 0) is 13.3 Å². The van der Waals surface area contributed by atoms with Crippen molar-refractivity contribution in [3.05, 3.63) is 42.4 Å². The minimum absolute atomic E-state index is 0.105. The molecule has 2 aromatic rings. The summed E-state index contributed by atoms with van der Waals surface area (Å²) in [5, 5.41) is 0. The molecule has 7 heteroatoms. The Kier molecular flexibility index (Phi) is 6.46. The van der Waals surface area contributed by atoms with Gasteiger partial charge < -0.3 is 19.0 Å². The van der Waals surface area contributed by atoms with E-state index in [4.69, 9.17) is 9.15 Å². The Morgan fingerprint density at radius 3 is 2.52 bits per heavy atom. The Hall–Kier alpha value is -2.83. The molecule has 1 aromatic carbocycles. The number of nitrogens with zero attached hydrogens (tertiary/aromatic N) is 3. The molecule has 0 radical (unpaired) electrons. The zero-order chi connectivity index (χ0) is 19.1. The lowest BCUT2D eigenvalue weighted by molar-refractivity contribution is -0.132. The number of aryl methyl sites for hydroxylation is 1. The average Bonchev–Trinajstić information content (AvgIpc) is 3.18. The summed E-state index contributed by atoms with van der Waals surface area (Å²) in [5.74, 6) is 1.49. The van der Waals surface area contributed by atoms with Gasteiger partial charge in [0.2, 0.25) is 5.91 Å². The molecule has 0 aliphatic carbocycles. The smallest absolute Gasteiger partial charge is 0.409 e. The van der Waals surface area contributed by atoms with Crippen LogP contribution in [-0.4, -0.2) is 59.6 Å². The number of hydrogen-bond donors (Lipinski definition) is 0. The summed E-state index contributed by atoms with van der Waals surface area (Å²) in [6, 6.07) is 9.82. The summed E-state index contributed by atoms with van der Waals surface area (Å²) in [4.78, 5) is 31.8. The molecule has 1 saturated heterocycles. The third-order valence-corrected chi connectivity index (χ3v) is 4.55. The average molecular weight is 371 g/mol. The molecule has 2 heterocycles. The van der Waals surface area contributed by atoms with Gasteiger partial charge in [0.05, 0.1) is 12.8 Å². The van der Waals surface area contributed by atoms with Gasteiger partial charge in [-0.15, -0.1) is 0 Å². The number of ether oxygens (including phenoxy) is 1. The van der Waals surface area contributed by atoms with Crippen LogP contribution in [0.3, 0.4) is 0 Å². The first-order valence-electron chi connectivity index (χ1n) is 9.37. The minimum Gasteiger partial charge on any atom is -0.450 e. The van der Waals surface area contributed by atoms with Crippen LogP contribution in [0, 0.1) is 0 Å². The van der Waals surface area contributed by atoms with Crippen LogP contribution in [0.2, 0.25) is 0 Å². The number of oxazole rings is 1. The number of aromatic nitrogens is 1. The molecule has 27 heavy (non-hydrogen) atoms. The lowest BCUT2D eigenvalue weighted by atomic mass is 10.2. The Labute approximate surface area is 158 Å². The van der Waals surface area contributed by atoms with Gasteiger partial charge in [-0.2, -0.15) is 0 Å². The maximum Gasteiger partial charge on any atom is 0.409 e. The van der Waals surface area contributed by atoms with E-state index >= 15 is 0 Å². The van der Waals surface area contributed by atoms with Gasteiger partial charge in [-0.3, -0.25) is 4.79 Å². The second-order valence-electron chi connectivity index (χ2n) is 6.40. The maximum absolute atomic E-state index is 12.4. The molecule has 0 atom stereocenters.